The van der Waals surface area contributed by atoms with Gasteiger partial charge in [0, 0.05) is 0 Å². The average molecular weight is 170 g/mol. The molecule has 2 atom stereocenters. The van der Waals surface area contributed by atoms with Crippen LogP contribution in [0.25, 0.3) is 0 Å². The van der Waals surface area contributed by atoms with E-state index >= 15 is 0 Å². The highest BCUT2D eigenvalue weighted by atomic mass is 14.3. The van der Waals surface area contributed by atoms with Gasteiger partial charge in [-0.3, -0.25) is 0 Å². The minimum absolute atomic E-state index is 0.475. The van der Waals surface area contributed by atoms with Crippen molar-refractivity contribution in [3.8, 4) is 0 Å². The van der Waals surface area contributed by atoms with Crippen molar-refractivity contribution in [2.24, 2.45) is 23.2 Å². The van der Waals surface area contributed by atoms with Crippen LogP contribution in [0.15, 0.2) is 0 Å². The molecule has 0 aromatic rings. The van der Waals surface area contributed by atoms with Crippen LogP contribution >= 0.6 is 0 Å². The molecule has 0 saturated carbocycles. The van der Waals surface area contributed by atoms with Gasteiger partial charge in [-0.25, -0.2) is 0 Å². The Bertz CT molecular complexity index is 116. The first-order chi connectivity index (χ1) is 5.25. The van der Waals surface area contributed by atoms with Crippen LogP contribution in [0.5, 0.6) is 0 Å². The molecule has 0 aliphatic carbocycles. The zero-order chi connectivity index (χ0) is 9.94. The standard InChI is InChI=1S/C12H26/c1-9(2)10(3)8-11(4)12(5,6)7/h9-11H,8H2,1-7H3. The summed E-state index contributed by atoms with van der Waals surface area (Å²) in [6, 6.07) is 0. The lowest BCUT2D eigenvalue weighted by Crippen LogP contribution is -2.21. The molecule has 2 unspecified atom stereocenters. The van der Waals surface area contributed by atoms with Crippen LogP contribution in [0, 0.1) is 23.2 Å². The Hall–Kier alpha value is 0. The molecule has 0 rings (SSSR count). The van der Waals surface area contributed by atoms with Gasteiger partial charge < -0.3 is 0 Å². The summed E-state index contributed by atoms with van der Waals surface area (Å²) in [4.78, 5) is 0. The van der Waals surface area contributed by atoms with Gasteiger partial charge in [0.1, 0.15) is 0 Å². The van der Waals surface area contributed by atoms with Crippen molar-refractivity contribution in [3.63, 3.8) is 0 Å². The van der Waals surface area contributed by atoms with E-state index in [1.54, 1.807) is 0 Å². The van der Waals surface area contributed by atoms with Gasteiger partial charge >= 0.3 is 0 Å². The summed E-state index contributed by atoms with van der Waals surface area (Å²) >= 11 is 0. The Kier molecular flexibility index (Phi) is 4.30. The van der Waals surface area contributed by atoms with Crippen molar-refractivity contribution < 1.29 is 0 Å². The summed E-state index contributed by atoms with van der Waals surface area (Å²) in [7, 11) is 0. The molecule has 0 heterocycles. The van der Waals surface area contributed by atoms with Gasteiger partial charge in [-0.15, -0.1) is 0 Å². The van der Waals surface area contributed by atoms with Crippen LogP contribution in [0.2, 0.25) is 0 Å². The lowest BCUT2D eigenvalue weighted by atomic mass is 9.75. The van der Waals surface area contributed by atoms with Gasteiger partial charge in [0.25, 0.3) is 0 Å². The van der Waals surface area contributed by atoms with Crippen molar-refractivity contribution in [1.82, 2.24) is 0 Å². The zero-order valence-electron chi connectivity index (χ0n) is 9.94. The van der Waals surface area contributed by atoms with Crippen molar-refractivity contribution in [1.29, 1.82) is 0 Å². The molecule has 74 valence electrons. The summed E-state index contributed by atoms with van der Waals surface area (Å²) in [5.74, 6) is 2.52. The molecule has 0 aliphatic rings. The summed E-state index contributed by atoms with van der Waals surface area (Å²) in [6.45, 7) is 16.4. The summed E-state index contributed by atoms with van der Waals surface area (Å²) in [5.41, 5.74) is 0.475. The molecule has 0 fully saturated rings. The smallest absolute Gasteiger partial charge is 0.0357 e. The van der Waals surface area contributed by atoms with E-state index in [1.165, 1.54) is 6.42 Å². The summed E-state index contributed by atoms with van der Waals surface area (Å²) in [5, 5.41) is 0. The molecule has 0 spiro atoms. The second kappa shape index (κ2) is 4.30. The van der Waals surface area contributed by atoms with Gasteiger partial charge in [0.2, 0.25) is 0 Å². The van der Waals surface area contributed by atoms with Gasteiger partial charge in [-0.05, 0) is 29.6 Å². The maximum atomic E-state index is 2.37. The molecule has 0 bridgehead atoms. The van der Waals surface area contributed by atoms with E-state index in [4.69, 9.17) is 0 Å². The molecule has 0 aromatic carbocycles. The normalized spacial score (nSPS) is 18.0. The molecule has 0 N–H and O–H groups in total. The summed E-state index contributed by atoms with van der Waals surface area (Å²) in [6.07, 6.45) is 1.36. The molecular weight excluding hydrogens is 144 g/mol. The van der Waals surface area contributed by atoms with Crippen molar-refractivity contribution >= 4 is 0 Å². The lowest BCUT2D eigenvalue weighted by molar-refractivity contribution is 0.199. The maximum absolute atomic E-state index is 2.37. The van der Waals surface area contributed by atoms with Crippen LogP contribution in [0.1, 0.15) is 54.9 Å². The predicted molar refractivity (Wildman–Crippen MR) is 57.2 cm³/mol. The fourth-order valence-electron chi connectivity index (χ4n) is 1.18. The molecule has 0 radical (unpaired) electrons. The van der Waals surface area contributed by atoms with Crippen LogP contribution in [-0.2, 0) is 0 Å². The molecule has 0 amide bonds. The monoisotopic (exact) mass is 170 g/mol. The Morgan fingerprint density at radius 2 is 1.33 bits per heavy atom. The molecule has 12 heavy (non-hydrogen) atoms. The van der Waals surface area contributed by atoms with Crippen LogP contribution in [-0.4, -0.2) is 0 Å². The minimum Gasteiger partial charge on any atom is -0.0625 e. The topological polar surface area (TPSA) is 0 Å². The average Bonchev–Trinajstić information content (AvgIpc) is 1.85. The van der Waals surface area contributed by atoms with Gasteiger partial charge in [-0.1, -0.05) is 48.5 Å². The minimum atomic E-state index is 0.475. The highest BCUT2D eigenvalue weighted by Crippen LogP contribution is 2.32. The predicted octanol–water partition coefficient (Wildman–Crippen LogP) is 4.35. The fraction of sp³-hybridized carbons (Fsp3) is 1.00. The van der Waals surface area contributed by atoms with Crippen molar-refractivity contribution in [2.75, 3.05) is 0 Å². The first-order valence-corrected chi connectivity index (χ1v) is 5.25. The second-order valence-electron chi connectivity index (χ2n) is 5.72. The van der Waals surface area contributed by atoms with E-state index in [0.29, 0.717) is 5.41 Å². The first kappa shape index (κ1) is 12.0. The second-order valence-corrected chi connectivity index (χ2v) is 5.72. The highest BCUT2D eigenvalue weighted by Gasteiger charge is 2.22. The molecule has 0 heteroatoms. The first-order valence-electron chi connectivity index (χ1n) is 5.25. The lowest BCUT2D eigenvalue weighted by Gasteiger charge is -2.30. The van der Waals surface area contributed by atoms with Gasteiger partial charge in [-0.2, -0.15) is 0 Å². The van der Waals surface area contributed by atoms with E-state index in [9.17, 15) is 0 Å². The van der Waals surface area contributed by atoms with Gasteiger partial charge in [0.15, 0.2) is 0 Å². The van der Waals surface area contributed by atoms with E-state index in [-0.39, 0.29) is 0 Å². The van der Waals surface area contributed by atoms with Gasteiger partial charge in [0.05, 0.1) is 0 Å². The quantitative estimate of drug-likeness (QED) is 0.590. The number of hydrogen-bond donors (Lipinski definition) is 0. The third-order valence-electron chi connectivity index (χ3n) is 3.34. The largest absolute Gasteiger partial charge is 0.0625 e. The fourth-order valence-corrected chi connectivity index (χ4v) is 1.18. The third-order valence-corrected chi connectivity index (χ3v) is 3.34. The molecule has 0 aliphatic heterocycles. The third kappa shape index (κ3) is 4.13. The molecule has 0 nitrogen and oxygen atoms in total. The number of rotatable bonds is 3. The van der Waals surface area contributed by atoms with Crippen molar-refractivity contribution in [2.45, 2.75) is 54.9 Å². The van der Waals surface area contributed by atoms with E-state index < -0.39 is 0 Å². The SMILES string of the molecule is CC(C)C(C)CC(C)C(C)(C)C. The Morgan fingerprint density at radius 1 is 0.917 bits per heavy atom. The van der Waals surface area contributed by atoms with E-state index in [1.807, 2.05) is 0 Å². The Labute approximate surface area is 78.8 Å². The zero-order valence-corrected chi connectivity index (χ0v) is 9.94. The highest BCUT2D eigenvalue weighted by molar-refractivity contribution is 4.73. The van der Waals surface area contributed by atoms with Crippen molar-refractivity contribution in [3.05, 3.63) is 0 Å². The van der Waals surface area contributed by atoms with E-state index in [0.717, 1.165) is 17.8 Å². The Balaban J connectivity index is 3.93. The summed E-state index contributed by atoms with van der Waals surface area (Å²) < 4.78 is 0. The molecule has 0 aromatic heterocycles. The molecular formula is C12H26. The number of hydrogen-bond acceptors (Lipinski definition) is 0. The van der Waals surface area contributed by atoms with Crippen LogP contribution < -0.4 is 0 Å². The Morgan fingerprint density at radius 3 is 1.58 bits per heavy atom. The maximum Gasteiger partial charge on any atom is -0.0357 e. The molecule has 0 saturated heterocycles. The van der Waals surface area contributed by atoms with E-state index in [2.05, 4.69) is 48.5 Å². The van der Waals surface area contributed by atoms with Crippen LogP contribution in [0.4, 0.5) is 0 Å². The van der Waals surface area contributed by atoms with Crippen LogP contribution in [0.3, 0.4) is 0 Å².